The van der Waals surface area contributed by atoms with Crippen LogP contribution in [0.5, 0.6) is 0 Å². The molecule has 226 valence electrons. The Kier molecular flexibility index (Phi) is 7.90. The number of hydrogen-bond donors (Lipinski definition) is 1. The third-order valence-electron chi connectivity index (χ3n) is 7.71. The van der Waals surface area contributed by atoms with E-state index in [2.05, 4.69) is 4.98 Å². The van der Waals surface area contributed by atoms with Gasteiger partial charge in [-0.25, -0.2) is 18.4 Å². The van der Waals surface area contributed by atoms with E-state index in [4.69, 9.17) is 15.2 Å². The highest BCUT2D eigenvalue weighted by molar-refractivity contribution is 7.99. The fourth-order valence-electron chi connectivity index (χ4n) is 5.91. The summed E-state index contributed by atoms with van der Waals surface area (Å²) in [6.45, 7) is 12.4. The number of ether oxygens (including phenoxy) is 2. The number of thioether (sulfide) groups is 1. The lowest BCUT2D eigenvalue weighted by Crippen LogP contribution is -2.59. The zero-order valence-electron chi connectivity index (χ0n) is 25.0. The van der Waals surface area contributed by atoms with E-state index >= 15 is 4.39 Å². The van der Waals surface area contributed by atoms with Gasteiger partial charge in [-0.3, -0.25) is 9.47 Å². The second-order valence-electron chi connectivity index (χ2n) is 12.1. The van der Waals surface area contributed by atoms with Crippen LogP contribution in [0.4, 0.5) is 25.1 Å². The molecule has 3 atom stereocenters. The van der Waals surface area contributed by atoms with Gasteiger partial charge in [0.15, 0.2) is 0 Å². The molecule has 1 saturated heterocycles. The van der Waals surface area contributed by atoms with E-state index in [0.29, 0.717) is 40.6 Å². The summed E-state index contributed by atoms with van der Waals surface area (Å²) in [5, 5.41) is 0.732. The molecule has 0 bridgehead atoms. The summed E-state index contributed by atoms with van der Waals surface area (Å²) in [7, 11) is 1.59. The topological polar surface area (TPSA) is 103 Å². The molecule has 5 rings (SSSR count). The minimum absolute atomic E-state index is 0.162. The van der Waals surface area contributed by atoms with Crippen LogP contribution in [0, 0.1) is 18.6 Å². The van der Waals surface area contributed by atoms with Crippen LogP contribution < -0.4 is 16.3 Å². The Labute approximate surface area is 248 Å². The number of nitrogen functional groups attached to an aromatic ring is 1. The van der Waals surface area contributed by atoms with Crippen molar-refractivity contribution in [1.29, 1.82) is 0 Å². The first-order chi connectivity index (χ1) is 19.7. The van der Waals surface area contributed by atoms with E-state index < -0.39 is 22.9 Å². The second-order valence-corrected chi connectivity index (χ2v) is 13.2. The Bertz CT molecular complexity index is 1610. The van der Waals surface area contributed by atoms with Crippen LogP contribution in [0.15, 0.2) is 27.9 Å². The molecule has 42 heavy (non-hydrogen) atoms. The number of anilines is 2. The van der Waals surface area contributed by atoms with Crippen LogP contribution in [-0.2, 0) is 16.0 Å². The number of carbonyl (C=O) groups is 1. The maximum atomic E-state index is 15.3. The van der Waals surface area contributed by atoms with E-state index in [9.17, 15) is 14.0 Å². The summed E-state index contributed by atoms with van der Waals surface area (Å²) >= 11 is 1.46. The van der Waals surface area contributed by atoms with Crippen LogP contribution in [0.1, 0.15) is 40.2 Å². The molecule has 3 aromatic rings. The molecular formula is C30H37F2N5O4S. The van der Waals surface area contributed by atoms with Crippen molar-refractivity contribution < 1.29 is 23.0 Å². The third-order valence-corrected chi connectivity index (χ3v) is 8.93. The van der Waals surface area contributed by atoms with Crippen LogP contribution in [0.2, 0.25) is 0 Å². The molecule has 0 spiro atoms. The van der Waals surface area contributed by atoms with Gasteiger partial charge in [-0.2, -0.15) is 4.98 Å². The molecule has 0 aliphatic carbocycles. The number of amides is 1. The van der Waals surface area contributed by atoms with Crippen LogP contribution in [-0.4, -0.2) is 70.3 Å². The number of piperazine rings is 1. The molecule has 2 aliphatic heterocycles. The highest BCUT2D eigenvalue weighted by Gasteiger charge is 2.37. The Balaban J connectivity index is 1.68. The third kappa shape index (κ3) is 5.42. The van der Waals surface area contributed by atoms with Gasteiger partial charge < -0.3 is 20.1 Å². The molecule has 12 heteroatoms. The number of methoxy groups -OCH3 is 1. The number of aryl methyl sites for hydroxylation is 1. The number of benzene rings is 2. The van der Waals surface area contributed by atoms with Gasteiger partial charge in [-0.15, -0.1) is 11.8 Å². The van der Waals surface area contributed by atoms with E-state index in [-0.39, 0.29) is 42.1 Å². The second kappa shape index (κ2) is 11.0. The summed E-state index contributed by atoms with van der Waals surface area (Å²) in [6.07, 6.45) is -0.670. The van der Waals surface area contributed by atoms with E-state index in [1.54, 1.807) is 16.6 Å². The normalized spacial score (nSPS) is 21.0. The van der Waals surface area contributed by atoms with Crippen LogP contribution >= 0.6 is 11.8 Å². The SMILES string of the molecule is CO[C@@H]1CSc2c(-c3cc(N)c(F)cc3F)c(C)cc3c(N4C[C@@H](C)N(C(=O)OC(C)(C)C)[C@@H](C)C4)nc(=O)n(c23)C1. The average molecular weight is 602 g/mol. The average Bonchev–Trinajstić information content (AvgIpc) is 3.08. The van der Waals surface area contributed by atoms with Gasteiger partial charge >= 0.3 is 11.8 Å². The lowest BCUT2D eigenvalue weighted by molar-refractivity contribution is 0.00562. The summed E-state index contributed by atoms with van der Waals surface area (Å²) < 4.78 is 42.3. The molecule has 2 aromatic carbocycles. The summed E-state index contributed by atoms with van der Waals surface area (Å²) in [5.74, 6) is -0.554. The molecule has 2 aliphatic rings. The quantitative estimate of drug-likeness (QED) is 0.410. The summed E-state index contributed by atoms with van der Waals surface area (Å²) in [5.41, 5.74) is 6.68. The molecule has 2 N–H and O–H groups in total. The minimum atomic E-state index is -0.829. The number of halogens is 2. The van der Waals surface area contributed by atoms with Crippen molar-refractivity contribution in [3.8, 4) is 11.1 Å². The predicted octanol–water partition coefficient (Wildman–Crippen LogP) is 5.19. The van der Waals surface area contributed by atoms with Gasteiger partial charge in [-0.05, 0) is 59.2 Å². The molecule has 0 saturated carbocycles. The number of rotatable bonds is 3. The van der Waals surface area contributed by atoms with Gasteiger partial charge in [-0.1, -0.05) is 0 Å². The molecule has 1 fully saturated rings. The van der Waals surface area contributed by atoms with Crippen molar-refractivity contribution in [2.45, 2.75) is 76.8 Å². The van der Waals surface area contributed by atoms with Crippen molar-refractivity contribution in [2.75, 3.05) is 36.6 Å². The van der Waals surface area contributed by atoms with E-state index in [1.165, 1.54) is 17.8 Å². The van der Waals surface area contributed by atoms with Gasteiger partial charge in [0.2, 0.25) is 0 Å². The highest BCUT2D eigenvalue weighted by Crippen LogP contribution is 2.45. The number of nitrogens with zero attached hydrogens (tertiary/aromatic N) is 4. The number of nitrogens with two attached hydrogens (primary N) is 1. The van der Waals surface area contributed by atoms with Gasteiger partial charge in [0, 0.05) is 53.4 Å². The lowest BCUT2D eigenvalue weighted by atomic mass is 9.96. The van der Waals surface area contributed by atoms with Crippen LogP contribution in [0.25, 0.3) is 22.0 Å². The Hall–Kier alpha value is -3.38. The number of carbonyl (C=O) groups excluding carboxylic acids is 1. The van der Waals surface area contributed by atoms with E-state index in [0.717, 1.165) is 17.0 Å². The maximum absolute atomic E-state index is 15.3. The van der Waals surface area contributed by atoms with E-state index in [1.807, 2.05) is 52.5 Å². The van der Waals surface area contributed by atoms with Gasteiger partial charge in [0.05, 0.1) is 35.9 Å². The van der Waals surface area contributed by atoms with Gasteiger partial charge in [0.1, 0.15) is 23.1 Å². The maximum Gasteiger partial charge on any atom is 0.410 e. The van der Waals surface area contributed by atoms with Crippen molar-refractivity contribution in [2.24, 2.45) is 0 Å². The first-order valence-electron chi connectivity index (χ1n) is 13.9. The Morgan fingerprint density at radius 1 is 1.10 bits per heavy atom. The summed E-state index contributed by atoms with van der Waals surface area (Å²) in [4.78, 5) is 35.7. The number of hydrogen-bond acceptors (Lipinski definition) is 8. The molecular weight excluding hydrogens is 564 g/mol. The Morgan fingerprint density at radius 3 is 2.38 bits per heavy atom. The molecule has 1 amide bonds. The molecule has 9 nitrogen and oxygen atoms in total. The predicted molar refractivity (Wildman–Crippen MR) is 161 cm³/mol. The zero-order chi connectivity index (χ0) is 30.7. The minimum Gasteiger partial charge on any atom is -0.444 e. The van der Waals surface area contributed by atoms with Gasteiger partial charge in [0.25, 0.3) is 0 Å². The van der Waals surface area contributed by atoms with Crippen LogP contribution in [0.3, 0.4) is 0 Å². The molecule has 3 heterocycles. The van der Waals surface area contributed by atoms with Crippen molar-refractivity contribution in [3.05, 3.63) is 45.9 Å². The molecule has 1 aromatic heterocycles. The molecule has 0 unspecified atom stereocenters. The standard InChI is InChI=1S/C30H37F2N5O4S/c1-15-8-20-25-26(24(15)19-9-23(33)22(32)10-21(19)31)42-14-18(40-7)13-36(25)28(38)34-27(20)35-11-16(2)37(17(3)12-35)29(39)41-30(4,5)6/h8-10,16-18H,11-14,33H2,1-7H3/t16-,17+,18-/m0/s1. The van der Waals surface area contributed by atoms with Crippen molar-refractivity contribution >= 4 is 40.3 Å². The Morgan fingerprint density at radius 2 is 1.76 bits per heavy atom. The fraction of sp³-hybridized carbons (Fsp3) is 0.500. The first-order valence-corrected chi connectivity index (χ1v) is 14.9. The fourth-order valence-corrected chi connectivity index (χ4v) is 7.28. The highest BCUT2D eigenvalue weighted by atomic mass is 32.2. The zero-order valence-corrected chi connectivity index (χ0v) is 25.8. The van der Waals surface area contributed by atoms with Crippen molar-refractivity contribution in [1.82, 2.24) is 14.5 Å². The smallest absolute Gasteiger partial charge is 0.410 e. The lowest BCUT2D eigenvalue weighted by Gasteiger charge is -2.45. The largest absolute Gasteiger partial charge is 0.444 e. The monoisotopic (exact) mass is 601 g/mol. The molecule has 0 radical (unpaired) electrons. The number of aromatic nitrogens is 2. The first kappa shape index (κ1) is 30.1. The summed E-state index contributed by atoms with van der Waals surface area (Å²) in [6, 6.07) is 3.55. The van der Waals surface area contributed by atoms with Crippen molar-refractivity contribution in [3.63, 3.8) is 0 Å².